The highest BCUT2D eigenvalue weighted by atomic mass is 32.2. The van der Waals surface area contributed by atoms with Crippen molar-refractivity contribution in [1.82, 2.24) is 20.1 Å². The lowest BCUT2D eigenvalue weighted by Gasteiger charge is -2.13. The number of anilines is 1. The maximum absolute atomic E-state index is 12.6. The van der Waals surface area contributed by atoms with E-state index in [1.54, 1.807) is 12.1 Å². The minimum atomic E-state index is -0.177. The highest BCUT2D eigenvalue weighted by Gasteiger charge is 2.16. The van der Waals surface area contributed by atoms with Gasteiger partial charge in [-0.1, -0.05) is 53.2 Å². The van der Waals surface area contributed by atoms with Gasteiger partial charge in [0.05, 0.1) is 12.3 Å². The van der Waals surface area contributed by atoms with Gasteiger partial charge in [0.2, 0.25) is 5.91 Å². The average molecular weight is 464 g/mol. The van der Waals surface area contributed by atoms with Gasteiger partial charge in [0.1, 0.15) is 0 Å². The third kappa shape index (κ3) is 6.32. The Bertz CT molecular complexity index is 1160. The van der Waals surface area contributed by atoms with Crippen LogP contribution in [0, 0.1) is 27.7 Å². The monoisotopic (exact) mass is 463 g/mol. The van der Waals surface area contributed by atoms with Crippen molar-refractivity contribution in [3.8, 4) is 0 Å². The van der Waals surface area contributed by atoms with Crippen LogP contribution in [0.1, 0.15) is 38.4 Å². The van der Waals surface area contributed by atoms with Crippen LogP contribution in [0.5, 0.6) is 0 Å². The standard InChI is InChI=1S/C25H29N5O2S/c1-6-10-30-21(14-26-24(32)20-9-7-8-16(2)13-20)28-29-25(30)33-15-22(31)27-23-18(4)11-17(3)12-19(23)5/h6-9,11-13H,1,10,14-15H2,2-5H3,(H,26,32)(H,27,31). The predicted octanol–water partition coefficient (Wildman–Crippen LogP) is 4.36. The van der Waals surface area contributed by atoms with Gasteiger partial charge in [-0.3, -0.25) is 9.59 Å². The van der Waals surface area contributed by atoms with Crippen molar-refractivity contribution in [2.24, 2.45) is 0 Å². The molecule has 0 saturated heterocycles. The lowest BCUT2D eigenvalue weighted by molar-refractivity contribution is -0.113. The summed E-state index contributed by atoms with van der Waals surface area (Å²) in [5, 5.41) is 14.9. The molecule has 0 aliphatic carbocycles. The molecule has 0 fully saturated rings. The topological polar surface area (TPSA) is 88.9 Å². The molecule has 3 rings (SSSR count). The molecule has 1 aromatic heterocycles. The first kappa shape index (κ1) is 24.3. The van der Waals surface area contributed by atoms with Crippen molar-refractivity contribution in [1.29, 1.82) is 0 Å². The zero-order valence-electron chi connectivity index (χ0n) is 19.4. The number of benzene rings is 2. The Labute approximate surface area is 198 Å². The number of aryl methyl sites for hydroxylation is 4. The summed E-state index contributed by atoms with van der Waals surface area (Å²) < 4.78 is 1.85. The minimum Gasteiger partial charge on any atom is -0.345 e. The molecule has 0 bridgehead atoms. The third-order valence-corrected chi connectivity index (χ3v) is 6.03. The van der Waals surface area contributed by atoms with Crippen molar-refractivity contribution in [2.45, 2.75) is 45.9 Å². The van der Waals surface area contributed by atoms with Gasteiger partial charge in [0, 0.05) is 17.8 Å². The number of nitrogens with one attached hydrogen (secondary N) is 2. The van der Waals surface area contributed by atoms with Gasteiger partial charge in [-0.25, -0.2) is 0 Å². The molecule has 1 heterocycles. The largest absolute Gasteiger partial charge is 0.345 e. The van der Waals surface area contributed by atoms with E-state index < -0.39 is 0 Å². The fourth-order valence-corrected chi connectivity index (χ4v) is 4.37. The number of thioether (sulfide) groups is 1. The van der Waals surface area contributed by atoms with Gasteiger partial charge in [0.15, 0.2) is 11.0 Å². The van der Waals surface area contributed by atoms with Crippen molar-refractivity contribution in [2.75, 3.05) is 11.1 Å². The van der Waals surface area contributed by atoms with Gasteiger partial charge in [0.25, 0.3) is 5.91 Å². The molecule has 33 heavy (non-hydrogen) atoms. The summed E-state index contributed by atoms with van der Waals surface area (Å²) in [6.45, 7) is 12.4. The Hall–Kier alpha value is -3.39. The number of amides is 2. The summed E-state index contributed by atoms with van der Waals surface area (Å²) in [7, 11) is 0. The number of aromatic nitrogens is 3. The summed E-state index contributed by atoms with van der Waals surface area (Å²) in [6.07, 6.45) is 1.73. The van der Waals surface area contributed by atoms with Gasteiger partial charge in [-0.05, 0) is 51.0 Å². The van der Waals surface area contributed by atoms with Crippen LogP contribution >= 0.6 is 11.8 Å². The highest BCUT2D eigenvalue weighted by molar-refractivity contribution is 7.99. The Balaban J connectivity index is 1.64. The van der Waals surface area contributed by atoms with E-state index in [1.807, 2.05) is 62.6 Å². The molecule has 7 nitrogen and oxygen atoms in total. The van der Waals surface area contributed by atoms with Crippen LogP contribution in [0.4, 0.5) is 5.69 Å². The van der Waals surface area contributed by atoms with Crippen LogP contribution in [0.15, 0.2) is 54.2 Å². The molecule has 2 amide bonds. The van der Waals surface area contributed by atoms with E-state index in [2.05, 4.69) is 27.4 Å². The summed E-state index contributed by atoms with van der Waals surface area (Å²) in [5.41, 5.74) is 5.69. The van der Waals surface area contributed by atoms with Gasteiger partial charge >= 0.3 is 0 Å². The van der Waals surface area contributed by atoms with Crippen molar-refractivity contribution in [3.05, 3.63) is 82.7 Å². The number of hydrogen-bond acceptors (Lipinski definition) is 5. The van der Waals surface area contributed by atoms with Crippen LogP contribution in [-0.4, -0.2) is 32.3 Å². The normalized spacial score (nSPS) is 10.7. The quantitative estimate of drug-likeness (QED) is 0.364. The average Bonchev–Trinajstić information content (AvgIpc) is 3.15. The lowest BCUT2D eigenvalue weighted by Crippen LogP contribution is -2.25. The number of nitrogens with zero attached hydrogens (tertiary/aromatic N) is 3. The fraction of sp³-hybridized carbons (Fsp3) is 0.280. The third-order valence-electron chi connectivity index (χ3n) is 5.07. The number of allylic oxidation sites excluding steroid dienone is 1. The second-order valence-electron chi connectivity index (χ2n) is 7.96. The van der Waals surface area contributed by atoms with Crippen LogP contribution in [-0.2, 0) is 17.9 Å². The predicted molar refractivity (Wildman–Crippen MR) is 133 cm³/mol. The van der Waals surface area contributed by atoms with E-state index in [4.69, 9.17) is 0 Å². The maximum atomic E-state index is 12.6. The molecule has 0 aliphatic rings. The molecular weight excluding hydrogens is 434 g/mol. The molecule has 8 heteroatoms. The SMILES string of the molecule is C=CCn1c(CNC(=O)c2cccc(C)c2)nnc1SCC(=O)Nc1c(C)cc(C)cc1C. The van der Waals surface area contributed by atoms with E-state index in [1.165, 1.54) is 11.8 Å². The first-order valence-corrected chi connectivity index (χ1v) is 11.7. The van der Waals surface area contributed by atoms with Gasteiger partial charge in [-0.15, -0.1) is 16.8 Å². The van der Waals surface area contributed by atoms with Crippen molar-refractivity contribution >= 4 is 29.3 Å². The van der Waals surface area contributed by atoms with Gasteiger partial charge < -0.3 is 15.2 Å². The molecule has 172 valence electrons. The smallest absolute Gasteiger partial charge is 0.251 e. The Morgan fingerprint density at radius 2 is 1.79 bits per heavy atom. The first-order chi connectivity index (χ1) is 15.8. The van der Waals surface area contributed by atoms with Crippen LogP contribution < -0.4 is 10.6 Å². The zero-order valence-corrected chi connectivity index (χ0v) is 20.3. The number of carbonyl (C=O) groups is 2. The number of rotatable bonds is 9. The van der Waals surface area contributed by atoms with Crippen molar-refractivity contribution in [3.63, 3.8) is 0 Å². The second kappa shape index (κ2) is 11.0. The van der Waals surface area contributed by atoms with E-state index in [9.17, 15) is 9.59 Å². The Morgan fingerprint density at radius 3 is 2.45 bits per heavy atom. The summed E-state index contributed by atoms with van der Waals surface area (Å²) >= 11 is 1.30. The lowest BCUT2D eigenvalue weighted by atomic mass is 10.1. The number of hydrogen-bond donors (Lipinski definition) is 2. The van der Waals surface area contributed by atoms with Crippen LogP contribution in [0.2, 0.25) is 0 Å². The van der Waals surface area contributed by atoms with Crippen LogP contribution in [0.25, 0.3) is 0 Å². The molecule has 3 aromatic rings. The molecule has 2 aromatic carbocycles. The Morgan fingerprint density at radius 1 is 1.06 bits per heavy atom. The molecule has 0 unspecified atom stereocenters. The fourth-order valence-electron chi connectivity index (χ4n) is 3.60. The second-order valence-corrected chi connectivity index (χ2v) is 8.90. The molecule has 0 saturated carbocycles. The van der Waals surface area contributed by atoms with E-state index in [0.29, 0.717) is 23.1 Å². The molecule has 0 aliphatic heterocycles. The highest BCUT2D eigenvalue weighted by Crippen LogP contribution is 2.23. The summed E-state index contributed by atoms with van der Waals surface area (Å²) in [6, 6.07) is 11.5. The first-order valence-electron chi connectivity index (χ1n) is 10.7. The molecule has 0 atom stereocenters. The van der Waals surface area contributed by atoms with Gasteiger partial charge in [-0.2, -0.15) is 0 Å². The van der Waals surface area contributed by atoms with E-state index in [0.717, 1.165) is 27.9 Å². The maximum Gasteiger partial charge on any atom is 0.251 e. The van der Waals surface area contributed by atoms with Crippen LogP contribution in [0.3, 0.4) is 0 Å². The minimum absolute atomic E-state index is 0.113. The molecule has 0 spiro atoms. The summed E-state index contributed by atoms with van der Waals surface area (Å²) in [5.74, 6) is 0.503. The Kier molecular flexibility index (Phi) is 8.06. The summed E-state index contributed by atoms with van der Waals surface area (Å²) in [4.78, 5) is 25.0. The molecule has 2 N–H and O–H groups in total. The molecular formula is C25H29N5O2S. The van der Waals surface area contributed by atoms with E-state index in [-0.39, 0.29) is 24.1 Å². The number of carbonyl (C=O) groups excluding carboxylic acids is 2. The van der Waals surface area contributed by atoms with E-state index >= 15 is 0 Å². The van der Waals surface area contributed by atoms with Crippen molar-refractivity contribution < 1.29 is 9.59 Å². The molecule has 0 radical (unpaired) electrons. The zero-order chi connectivity index (χ0) is 24.0.